The summed E-state index contributed by atoms with van der Waals surface area (Å²) < 4.78 is 0. The van der Waals surface area contributed by atoms with Crippen molar-refractivity contribution in [3.8, 4) is 0 Å². The molecule has 2 aliphatic rings. The fourth-order valence-corrected chi connectivity index (χ4v) is 5.52. The van der Waals surface area contributed by atoms with Gasteiger partial charge in [0, 0.05) is 34.0 Å². The van der Waals surface area contributed by atoms with E-state index < -0.39 is 0 Å². The normalized spacial score (nSPS) is 17.3. The molecule has 0 bridgehead atoms. The van der Waals surface area contributed by atoms with Gasteiger partial charge >= 0.3 is 0 Å². The highest BCUT2D eigenvalue weighted by molar-refractivity contribution is 7.12. The van der Waals surface area contributed by atoms with Gasteiger partial charge in [0.1, 0.15) is 0 Å². The van der Waals surface area contributed by atoms with Gasteiger partial charge in [-0.3, -0.25) is 0 Å². The summed E-state index contributed by atoms with van der Waals surface area (Å²) in [7, 11) is 0. The van der Waals surface area contributed by atoms with Crippen LogP contribution < -0.4 is 0 Å². The van der Waals surface area contributed by atoms with Gasteiger partial charge in [-0.15, -0.1) is 22.7 Å². The molecular weight excluding hydrogens is 368 g/mol. The fraction of sp³-hybridized carbons (Fsp3) is 0.739. The third kappa shape index (κ3) is 6.39. The van der Waals surface area contributed by atoms with Crippen LogP contribution >= 0.6 is 22.7 Å². The number of nitrogens with zero attached hydrogens (tertiary/aromatic N) is 2. The molecule has 4 heteroatoms. The minimum Gasteiger partial charge on any atom is -0.249 e. The zero-order valence-corrected chi connectivity index (χ0v) is 19.8. The molecule has 2 heterocycles. The monoisotopic (exact) mass is 406 g/mol. The van der Waals surface area contributed by atoms with Gasteiger partial charge in [0.05, 0.1) is 10.0 Å². The van der Waals surface area contributed by atoms with Gasteiger partial charge in [0.15, 0.2) is 0 Å². The highest BCUT2D eigenvalue weighted by atomic mass is 32.1. The van der Waals surface area contributed by atoms with Crippen molar-refractivity contribution in [2.75, 3.05) is 0 Å². The van der Waals surface area contributed by atoms with Crippen molar-refractivity contribution in [3.63, 3.8) is 0 Å². The first-order valence-electron chi connectivity index (χ1n) is 11.0. The Bertz CT molecular complexity index is 647. The van der Waals surface area contributed by atoms with Crippen LogP contribution in [0.15, 0.2) is 12.4 Å². The smallest absolute Gasteiger partial charge is 0.0958 e. The predicted molar refractivity (Wildman–Crippen MR) is 122 cm³/mol. The van der Waals surface area contributed by atoms with Gasteiger partial charge < -0.3 is 0 Å². The summed E-state index contributed by atoms with van der Waals surface area (Å²) in [6.07, 6.45) is 13.8. The summed E-state index contributed by atoms with van der Waals surface area (Å²) in [4.78, 5) is 11.9. The Balaban J connectivity index is 0.000000178. The molecule has 0 aliphatic heterocycles. The molecule has 0 N–H and O–H groups in total. The second-order valence-electron chi connectivity index (χ2n) is 8.12. The van der Waals surface area contributed by atoms with E-state index in [0.29, 0.717) is 11.8 Å². The first-order chi connectivity index (χ1) is 13.0. The van der Waals surface area contributed by atoms with E-state index in [1.54, 1.807) is 0 Å². The van der Waals surface area contributed by atoms with Crippen molar-refractivity contribution in [2.45, 2.75) is 110 Å². The first kappa shape index (κ1) is 22.5. The molecule has 0 atom stereocenters. The van der Waals surface area contributed by atoms with Crippen LogP contribution in [-0.4, -0.2) is 9.97 Å². The lowest BCUT2D eigenvalue weighted by Crippen LogP contribution is -2.07. The van der Waals surface area contributed by atoms with E-state index in [4.69, 9.17) is 0 Å². The maximum absolute atomic E-state index is 4.54. The standard InChI is InChI=1S/C11H17NS.C10H15NS.C2H6/c1-8(2)10-7-12-11(13-10)9-5-3-4-6-9;1-7(2)9-6-11-10(12-9)8-4-3-5-8;1-2/h7-9H,3-6H2,1-2H3;6-8H,3-5H2,1-2H3;1-2H3. The molecule has 0 amide bonds. The second kappa shape index (κ2) is 11.3. The fourth-order valence-electron chi connectivity index (χ4n) is 3.34. The number of hydrogen-bond donors (Lipinski definition) is 0. The molecule has 27 heavy (non-hydrogen) atoms. The molecule has 0 spiro atoms. The van der Waals surface area contributed by atoms with Gasteiger partial charge in [-0.1, -0.05) is 60.8 Å². The molecule has 2 aromatic heterocycles. The molecule has 2 aliphatic carbocycles. The van der Waals surface area contributed by atoms with Gasteiger partial charge in [-0.25, -0.2) is 9.97 Å². The summed E-state index contributed by atoms with van der Waals surface area (Å²) in [6.45, 7) is 13.0. The van der Waals surface area contributed by atoms with Crippen molar-refractivity contribution in [2.24, 2.45) is 0 Å². The third-order valence-electron chi connectivity index (χ3n) is 5.38. The maximum atomic E-state index is 4.54. The van der Waals surface area contributed by atoms with Crippen LogP contribution in [-0.2, 0) is 0 Å². The summed E-state index contributed by atoms with van der Waals surface area (Å²) >= 11 is 3.84. The predicted octanol–water partition coefficient (Wildman–Crippen LogP) is 8.48. The Morgan fingerprint density at radius 1 is 0.704 bits per heavy atom. The lowest BCUT2D eigenvalue weighted by Gasteiger charge is -2.22. The van der Waals surface area contributed by atoms with E-state index in [9.17, 15) is 0 Å². The number of rotatable bonds is 4. The topological polar surface area (TPSA) is 25.8 Å². The van der Waals surface area contributed by atoms with E-state index in [0.717, 1.165) is 11.8 Å². The Labute approximate surface area is 174 Å². The van der Waals surface area contributed by atoms with Crippen LogP contribution in [0.25, 0.3) is 0 Å². The Morgan fingerprint density at radius 2 is 1.07 bits per heavy atom. The van der Waals surface area contributed by atoms with Crippen LogP contribution in [0.2, 0.25) is 0 Å². The molecular formula is C23H38N2S2. The minimum absolute atomic E-state index is 0.646. The summed E-state index contributed by atoms with van der Waals surface area (Å²) in [6, 6.07) is 0. The zero-order valence-electron chi connectivity index (χ0n) is 18.1. The Kier molecular flexibility index (Phi) is 9.44. The maximum Gasteiger partial charge on any atom is 0.0958 e. The number of hydrogen-bond acceptors (Lipinski definition) is 4. The summed E-state index contributed by atoms with van der Waals surface area (Å²) in [5, 5.41) is 2.77. The molecule has 0 aromatic carbocycles. The molecule has 2 fully saturated rings. The molecule has 2 nitrogen and oxygen atoms in total. The average Bonchev–Trinajstić information content (AvgIpc) is 3.36. The number of aromatic nitrogens is 2. The van der Waals surface area contributed by atoms with Crippen molar-refractivity contribution in [3.05, 3.63) is 32.2 Å². The van der Waals surface area contributed by atoms with Crippen LogP contribution in [0.1, 0.15) is 130 Å². The number of thiazole rings is 2. The van der Waals surface area contributed by atoms with Gasteiger partial charge in [0.2, 0.25) is 0 Å². The summed E-state index contributed by atoms with van der Waals surface area (Å²) in [5.74, 6) is 2.89. The van der Waals surface area contributed by atoms with Crippen LogP contribution in [0.5, 0.6) is 0 Å². The van der Waals surface area contributed by atoms with Crippen molar-refractivity contribution >= 4 is 22.7 Å². The van der Waals surface area contributed by atoms with Gasteiger partial charge in [0.25, 0.3) is 0 Å². The van der Waals surface area contributed by atoms with E-state index in [2.05, 4.69) is 50.1 Å². The quantitative estimate of drug-likeness (QED) is 0.508. The van der Waals surface area contributed by atoms with Crippen LogP contribution in [0.3, 0.4) is 0 Å². The van der Waals surface area contributed by atoms with Crippen LogP contribution in [0, 0.1) is 0 Å². The molecule has 2 aromatic rings. The van der Waals surface area contributed by atoms with Crippen molar-refractivity contribution in [1.29, 1.82) is 0 Å². The average molecular weight is 407 g/mol. The lowest BCUT2D eigenvalue weighted by atomic mass is 9.86. The first-order valence-corrected chi connectivity index (χ1v) is 12.6. The van der Waals surface area contributed by atoms with E-state index in [1.165, 1.54) is 64.7 Å². The minimum atomic E-state index is 0.646. The third-order valence-corrected chi connectivity index (χ3v) is 8.30. The second-order valence-corrected chi connectivity index (χ2v) is 10.3. The van der Waals surface area contributed by atoms with E-state index >= 15 is 0 Å². The molecule has 2 saturated carbocycles. The Hall–Kier alpha value is -0.740. The largest absolute Gasteiger partial charge is 0.249 e. The van der Waals surface area contributed by atoms with Crippen molar-refractivity contribution in [1.82, 2.24) is 9.97 Å². The molecule has 0 unspecified atom stereocenters. The summed E-state index contributed by atoms with van der Waals surface area (Å²) in [5.41, 5.74) is 0. The van der Waals surface area contributed by atoms with E-state index in [-0.39, 0.29) is 0 Å². The molecule has 4 rings (SSSR count). The van der Waals surface area contributed by atoms with Gasteiger partial charge in [-0.2, -0.15) is 0 Å². The molecule has 0 radical (unpaired) electrons. The zero-order chi connectivity index (χ0) is 19.8. The van der Waals surface area contributed by atoms with Crippen LogP contribution in [0.4, 0.5) is 0 Å². The van der Waals surface area contributed by atoms with E-state index in [1.807, 2.05) is 36.5 Å². The SMILES string of the molecule is CC.CC(C)c1cnc(C2CCC2)s1.CC(C)c1cnc(C2CCCC2)s1. The van der Waals surface area contributed by atoms with Crippen molar-refractivity contribution < 1.29 is 0 Å². The molecule has 0 saturated heterocycles. The highest BCUT2D eigenvalue weighted by Gasteiger charge is 2.23. The lowest BCUT2D eigenvalue weighted by molar-refractivity contribution is 0.418. The Morgan fingerprint density at radius 3 is 1.33 bits per heavy atom. The highest BCUT2D eigenvalue weighted by Crippen LogP contribution is 2.39. The van der Waals surface area contributed by atoms with Gasteiger partial charge in [-0.05, 0) is 37.5 Å². The molecule has 152 valence electrons.